The number of ether oxygens (including phenoxy) is 2. The third kappa shape index (κ3) is 2.60. The number of allylic oxidation sites excluding steroid dienone is 1. The number of aromatic nitrogens is 2. The first-order valence-corrected chi connectivity index (χ1v) is 8.34. The molecule has 0 bridgehead atoms. The maximum atomic E-state index is 12.7. The molecule has 0 atom stereocenters. The van der Waals surface area contributed by atoms with Gasteiger partial charge in [-0.2, -0.15) is 0 Å². The second-order valence-corrected chi connectivity index (χ2v) is 6.20. The van der Waals surface area contributed by atoms with E-state index >= 15 is 0 Å². The van der Waals surface area contributed by atoms with Gasteiger partial charge in [0.05, 0.1) is 25.1 Å². The molecule has 0 aliphatic carbocycles. The molecule has 1 aliphatic heterocycles. The largest absolute Gasteiger partial charge is 0.497 e. The molecule has 2 heterocycles. The van der Waals surface area contributed by atoms with Gasteiger partial charge in [-0.3, -0.25) is 9.36 Å². The minimum absolute atomic E-state index is 0.0323. The van der Waals surface area contributed by atoms with E-state index in [-0.39, 0.29) is 5.56 Å². The molecular formula is C20H19N3O3. The summed E-state index contributed by atoms with van der Waals surface area (Å²) >= 11 is 0. The van der Waals surface area contributed by atoms with E-state index in [1.165, 1.54) is 0 Å². The van der Waals surface area contributed by atoms with Crippen molar-refractivity contribution in [1.82, 2.24) is 9.55 Å². The molecule has 2 N–H and O–H groups in total. The van der Waals surface area contributed by atoms with E-state index in [4.69, 9.17) is 20.2 Å². The standard InChI is InChI=1S/C20H19N3O3/c1-25-15-5-3-12(18(11-15)26-2)9-13-7-8-23-19(13)22-17-10-14(21)4-6-16(17)20(23)24/h3-6,9-11H,7-8,21H2,1-2H3. The fraction of sp³-hybridized carbons (Fsp3) is 0.200. The lowest BCUT2D eigenvalue weighted by Gasteiger charge is -2.09. The number of benzene rings is 2. The quantitative estimate of drug-likeness (QED) is 0.736. The van der Waals surface area contributed by atoms with E-state index in [0.717, 1.165) is 23.3 Å². The normalized spacial score (nSPS) is 14.6. The first-order valence-electron chi connectivity index (χ1n) is 8.34. The zero-order valence-electron chi connectivity index (χ0n) is 14.7. The van der Waals surface area contributed by atoms with Gasteiger partial charge in [-0.15, -0.1) is 0 Å². The van der Waals surface area contributed by atoms with Crippen LogP contribution in [0, 0.1) is 0 Å². The Morgan fingerprint density at radius 3 is 2.77 bits per heavy atom. The van der Waals surface area contributed by atoms with E-state index in [2.05, 4.69) is 0 Å². The van der Waals surface area contributed by atoms with Crippen LogP contribution in [0.15, 0.2) is 41.2 Å². The zero-order valence-corrected chi connectivity index (χ0v) is 14.7. The summed E-state index contributed by atoms with van der Waals surface area (Å²) in [5, 5.41) is 0.589. The molecule has 6 nitrogen and oxygen atoms in total. The second-order valence-electron chi connectivity index (χ2n) is 6.20. The Hall–Kier alpha value is -3.28. The Balaban J connectivity index is 1.87. The average molecular weight is 349 g/mol. The Bertz CT molecular complexity index is 1100. The van der Waals surface area contributed by atoms with Crippen LogP contribution >= 0.6 is 0 Å². The number of methoxy groups -OCH3 is 2. The minimum atomic E-state index is -0.0323. The highest BCUT2D eigenvalue weighted by Gasteiger charge is 2.21. The number of nitrogens with two attached hydrogens (primary N) is 1. The molecule has 2 aromatic carbocycles. The van der Waals surface area contributed by atoms with Gasteiger partial charge in [-0.1, -0.05) is 0 Å². The summed E-state index contributed by atoms with van der Waals surface area (Å²) in [6.07, 6.45) is 2.75. The second kappa shape index (κ2) is 6.22. The summed E-state index contributed by atoms with van der Waals surface area (Å²) in [5.41, 5.74) is 8.94. The molecule has 0 radical (unpaired) electrons. The SMILES string of the molecule is COc1ccc(C=C2CCn3c2nc2cc(N)ccc2c3=O)c(OC)c1. The molecule has 26 heavy (non-hydrogen) atoms. The minimum Gasteiger partial charge on any atom is -0.497 e. The molecule has 0 saturated carbocycles. The van der Waals surface area contributed by atoms with Crippen LogP contribution in [0.2, 0.25) is 0 Å². The van der Waals surface area contributed by atoms with Crippen molar-refractivity contribution >= 4 is 28.2 Å². The summed E-state index contributed by atoms with van der Waals surface area (Å²) in [6, 6.07) is 10.9. The molecule has 1 aliphatic rings. The van der Waals surface area contributed by atoms with Gasteiger partial charge in [0.1, 0.15) is 17.3 Å². The summed E-state index contributed by atoms with van der Waals surface area (Å²) in [7, 11) is 3.24. The van der Waals surface area contributed by atoms with Crippen LogP contribution in [0.3, 0.4) is 0 Å². The van der Waals surface area contributed by atoms with Crippen LogP contribution in [-0.4, -0.2) is 23.8 Å². The van der Waals surface area contributed by atoms with E-state index < -0.39 is 0 Å². The molecule has 0 spiro atoms. The fourth-order valence-electron chi connectivity index (χ4n) is 3.30. The lowest BCUT2D eigenvalue weighted by molar-refractivity contribution is 0.394. The van der Waals surface area contributed by atoms with Crippen molar-refractivity contribution in [1.29, 1.82) is 0 Å². The van der Waals surface area contributed by atoms with Gasteiger partial charge in [0.2, 0.25) is 0 Å². The van der Waals surface area contributed by atoms with Crippen LogP contribution in [0.25, 0.3) is 22.6 Å². The van der Waals surface area contributed by atoms with Gasteiger partial charge in [-0.25, -0.2) is 4.98 Å². The van der Waals surface area contributed by atoms with Crippen molar-refractivity contribution in [3.05, 3.63) is 58.1 Å². The topological polar surface area (TPSA) is 79.4 Å². The molecule has 0 saturated heterocycles. The molecular weight excluding hydrogens is 330 g/mol. The first-order chi connectivity index (χ1) is 12.6. The maximum absolute atomic E-state index is 12.7. The third-order valence-corrected chi connectivity index (χ3v) is 4.64. The Kier molecular flexibility index (Phi) is 3.88. The number of anilines is 1. The summed E-state index contributed by atoms with van der Waals surface area (Å²) in [4.78, 5) is 17.4. The molecule has 0 unspecified atom stereocenters. The summed E-state index contributed by atoms with van der Waals surface area (Å²) in [5.74, 6) is 2.13. The molecule has 3 aromatic rings. The van der Waals surface area contributed by atoms with E-state index in [1.807, 2.05) is 24.3 Å². The van der Waals surface area contributed by atoms with Gasteiger partial charge in [0, 0.05) is 23.9 Å². The van der Waals surface area contributed by atoms with E-state index in [1.54, 1.807) is 37.0 Å². The van der Waals surface area contributed by atoms with Gasteiger partial charge in [0.25, 0.3) is 5.56 Å². The van der Waals surface area contributed by atoms with Crippen LogP contribution < -0.4 is 20.8 Å². The number of fused-ring (bicyclic) bond motifs is 2. The molecule has 0 fully saturated rings. The third-order valence-electron chi connectivity index (χ3n) is 4.64. The number of nitrogen functional groups attached to an aromatic ring is 1. The predicted molar refractivity (Wildman–Crippen MR) is 102 cm³/mol. The van der Waals surface area contributed by atoms with Crippen LogP contribution in [-0.2, 0) is 6.54 Å². The van der Waals surface area contributed by atoms with Crippen molar-refractivity contribution < 1.29 is 9.47 Å². The average Bonchev–Trinajstić information content (AvgIpc) is 3.05. The molecule has 4 rings (SSSR count). The van der Waals surface area contributed by atoms with Gasteiger partial charge in [0.15, 0.2) is 0 Å². The first kappa shape index (κ1) is 16.2. The van der Waals surface area contributed by atoms with Crippen molar-refractivity contribution in [2.45, 2.75) is 13.0 Å². The monoisotopic (exact) mass is 349 g/mol. The molecule has 132 valence electrons. The highest BCUT2D eigenvalue weighted by atomic mass is 16.5. The maximum Gasteiger partial charge on any atom is 0.261 e. The number of hydrogen-bond donors (Lipinski definition) is 1. The van der Waals surface area contributed by atoms with E-state index in [0.29, 0.717) is 34.7 Å². The summed E-state index contributed by atoms with van der Waals surface area (Å²) in [6.45, 7) is 0.617. The highest BCUT2D eigenvalue weighted by Crippen LogP contribution is 2.32. The lowest BCUT2D eigenvalue weighted by atomic mass is 10.1. The predicted octanol–water partition coefficient (Wildman–Crippen LogP) is 2.94. The van der Waals surface area contributed by atoms with Gasteiger partial charge < -0.3 is 15.2 Å². The van der Waals surface area contributed by atoms with Crippen molar-refractivity contribution in [2.75, 3.05) is 20.0 Å². The molecule has 6 heteroatoms. The summed E-state index contributed by atoms with van der Waals surface area (Å²) < 4.78 is 12.4. The molecule has 1 aromatic heterocycles. The number of rotatable bonds is 3. The van der Waals surface area contributed by atoms with E-state index in [9.17, 15) is 4.79 Å². The van der Waals surface area contributed by atoms with Crippen LogP contribution in [0.1, 0.15) is 17.8 Å². The smallest absolute Gasteiger partial charge is 0.261 e. The van der Waals surface area contributed by atoms with Crippen LogP contribution in [0.4, 0.5) is 5.69 Å². The Morgan fingerprint density at radius 2 is 2.00 bits per heavy atom. The van der Waals surface area contributed by atoms with Crippen LogP contribution in [0.5, 0.6) is 11.5 Å². The Morgan fingerprint density at radius 1 is 1.15 bits per heavy atom. The Labute approximate surface area is 150 Å². The van der Waals surface area contributed by atoms with Crippen molar-refractivity contribution in [3.8, 4) is 11.5 Å². The number of nitrogens with zero attached hydrogens (tertiary/aromatic N) is 2. The molecule has 0 amide bonds. The van der Waals surface area contributed by atoms with Gasteiger partial charge in [-0.05, 0) is 48.4 Å². The van der Waals surface area contributed by atoms with Gasteiger partial charge >= 0.3 is 0 Å². The van der Waals surface area contributed by atoms with Crippen molar-refractivity contribution in [3.63, 3.8) is 0 Å². The lowest BCUT2D eigenvalue weighted by Crippen LogP contribution is -2.20. The number of hydrogen-bond acceptors (Lipinski definition) is 5. The highest BCUT2D eigenvalue weighted by molar-refractivity contribution is 5.86. The fourth-order valence-corrected chi connectivity index (χ4v) is 3.30. The zero-order chi connectivity index (χ0) is 18.3. The van der Waals surface area contributed by atoms with Crippen molar-refractivity contribution in [2.24, 2.45) is 0 Å².